The van der Waals surface area contributed by atoms with Crippen LogP contribution < -0.4 is 9.44 Å². The van der Waals surface area contributed by atoms with Crippen LogP contribution in [0.2, 0.25) is 0 Å². The van der Waals surface area contributed by atoms with Gasteiger partial charge in [0, 0.05) is 11.6 Å². The Morgan fingerprint density at radius 2 is 2.12 bits per heavy atom. The number of benzene rings is 1. The van der Waals surface area contributed by atoms with Crippen molar-refractivity contribution in [1.82, 2.24) is 4.72 Å². The molecule has 1 aliphatic carbocycles. The third kappa shape index (κ3) is 2.99. The van der Waals surface area contributed by atoms with E-state index in [-0.39, 0.29) is 6.04 Å². The molecule has 0 radical (unpaired) electrons. The highest BCUT2D eigenvalue weighted by atomic mass is 32.2. The maximum absolute atomic E-state index is 11.6. The van der Waals surface area contributed by atoms with Crippen molar-refractivity contribution in [2.24, 2.45) is 0 Å². The first-order valence-corrected chi connectivity index (χ1v) is 6.44. The monoisotopic (exact) mass is 236 g/mol. The normalized spacial score (nSPS) is 15.4. The summed E-state index contributed by atoms with van der Waals surface area (Å²) in [5, 5.41) is 0. The van der Waals surface area contributed by atoms with E-state index in [0.717, 1.165) is 12.8 Å². The van der Waals surface area contributed by atoms with Crippen LogP contribution >= 0.6 is 0 Å². The summed E-state index contributed by atoms with van der Waals surface area (Å²) < 4.78 is 28.1. The molecule has 0 bridgehead atoms. The van der Waals surface area contributed by atoms with Crippen LogP contribution in [0.4, 0.5) is 5.69 Å². The number of hydrogen-bond acceptors (Lipinski definition) is 2. The first-order chi connectivity index (χ1) is 7.59. The third-order valence-corrected chi connectivity index (χ3v) is 3.33. The number of rotatable bonds is 4. The lowest BCUT2D eigenvalue weighted by Gasteiger charge is -2.08. The SMILES string of the molecule is C#Cc1cccc(NS(=O)(=O)NC2CC2)c1. The van der Waals surface area contributed by atoms with Gasteiger partial charge in [-0.15, -0.1) is 6.42 Å². The summed E-state index contributed by atoms with van der Waals surface area (Å²) >= 11 is 0. The molecule has 2 rings (SSSR count). The summed E-state index contributed by atoms with van der Waals surface area (Å²) in [6.07, 6.45) is 7.05. The van der Waals surface area contributed by atoms with Crippen molar-refractivity contribution >= 4 is 15.9 Å². The molecule has 16 heavy (non-hydrogen) atoms. The van der Waals surface area contributed by atoms with Gasteiger partial charge in [0.1, 0.15) is 0 Å². The zero-order valence-electron chi connectivity index (χ0n) is 8.60. The van der Waals surface area contributed by atoms with Crippen molar-refractivity contribution < 1.29 is 8.42 Å². The number of anilines is 1. The Kier molecular flexibility index (Phi) is 2.86. The molecule has 0 spiro atoms. The highest BCUT2D eigenvalue weighted by molar-refractivity contribution is 7.90. The predicted octanol–water partition coefficient (Wildman–Crippen LogP) is 1.08. The average Bonchev–Trinajstić information content (AvgIpc) is 3.00. The smallest absolute Gasteiger partial charge is 0.271 e. The molecule has 4 nitrogen and oxygen atoms in total. The molecule has 0 aliphatic heterocycles. The summed E-state index contributed by atoms with van der Waals surface area (Å²) in [6, 6.07) is 6.82. The first kappa shape index (κ1) is 11.0. The molecule has 2 N–H and O–H groups in total. The maximum Gasteiger partial charge on any atom is 0.299 e. The first-order valence-electron chi connectivity index (χ1n) is 4.96. The Morgan fingerprint density at radius 1 is 1.38 bits per heavy atom. The predicted molar refractivity (Wildman–Crippen MR) is 63.1 cm³/mol. The van der Waals surface area contributed by atoms with Crippen LogP contribution in [-0.2, 0) is 10.2 Å². The van der Waals surface area contributed by atoms with Crippen LogP contribution in [-0.4, -0.2) is 14.5 Å². The zero-order valence-corrected chi connectivity index (χ0v) is 9.42. The Bertz CT molecular complexity index is 527. The molecule has 0 amide bonds. The summed E-state index contributed by atoms with van der Waals surface area (Å²) in [7, 11) is -3.46. The Labute approximate surface area is 95.2 Å². The lowest BCUT2D eigenvalue weighted by molar-refractivity contribution is 0.586. The van der Waals surface area contributed by atoms with E-state index < -0.39 is 10.2 Å². The van der Waals surface area contributed by atoms with Gasteiger partial charge in [0.15, 0.2) is 0 Å². The Balaban J connectivity index is 2.10. The van der Waals surface area contributed by atoms with Crippen molar-refractivity contribution in [1.29, 1.82) is 0 Å². The molecule has 84 valence electrons. The molecular formula is C11H12N2O2S. The quantitative estimate of drug-likeness (QED) is 0.768. The van der Waals surface area contributed by atoms with Crippen LogP contribution in [0, 0.1) is 12.3 Å². The van der Waals surface area contributed by atoms with Crippen LogP contribution in [0.15, 0.2) is 24.3 Å². The lowest BCUT2D eigenvalue weighted by Crippen LogP contribution is -2.31. The lowest BCUT2D eigenvalue weighted by atomic mass is 10.2. The van der Waals surface area contributed by atoms with Gasteiger partial charge in [-0.05, 0) is 31.0 Å². The minimum atomic E-state index is -3.46. The van der Waals surface area contributed by atoms with Crippen molar-refractivity contribution in [3.63, 3.8) is 0 Å². The number of nitrogens with one attached hydrogen (secondary N) is 2. The van der Waals surface area contributed by atoms with E-state index in [2.05, 4.69) is 15.4 Å². The molecule has 0 aromatic heterocycles. The molecule has 0 atom stereocenters. The molecule has 5 heteroatoms. The van der Waals surface area contributed by atoms with Gasteiger partial charge >= 0.3 is 0 Å². The van der Waals surface area contributed by atoms with Crippen LogP contribution in [0.25, 0.3) is 0 Å². The number of terminal acetylenes is 1. The van der Waals surface area contributed by atoms with Gasteiger partial charge in [0.05, 0.1) is 5.69 Å². The average molecular weight is 236 g/mol. The van der Waals surface area contributed by atoms with Gasteiger partial charge in [-0.25, -0.2) is 0 Å². The van der Waals surface area contributed by atoms with Gasteiger partial charge in [0.25, 0.3) is 10.2 Å². The topological polar surface area (TPSA) is 58.2 Å². The second-order valence-corrected chi connectivity index (χ2v) is 5.17. The van der Waals surface area contributed by atoms with E-state index in [4.69, 9.17) is 6.42 Å². The number of hydrogen-bond donors (Lipinski definition) is 2. The van der Waals surface area contributed by atoms with E-state index in [9.17, 15) is 8.42 Å². The fraction of sp³-hybridized carbons (Fsp3) is 0.273. The molecular weight excluding hydrogens is 224 g/mol. The molecule has 1 aliphatic rings. The van der Waals surface area contributed by atoms with E-state index in [0.29, 0.717) is 11.3 Å². The second kappa shape index (κ2) is 4.16. The highest BCUT2D eigenvalue weighted by Gasteiger charge is 2.26. The van der Waals surface area contributed by atoms with E-state index >= 15 is 0 Å². The summed E-state index contributed by atoms with van der Waals surface area (Å²) in [6.45, 7) is 0. The van der Waals surface area contributed by atoms with Crippen molar-refractivity contribution in [3.05, 3.63) is 29.8 Å². The van der Waals surface area contributed by atoms with Gasteiger partial charge in [-0.1, -0.05) is 12.0 Å². The van der Waals surface area contributed by atoms with Crippen molar-refractivity contribution in [2.45, 2.75) is 18.9 Å². The van der Waals surface area contributed by atoms with Crippen LogP contribution in [0.1, 0.15) is 18.4 Å². The fourth-order valence-corrected chi connectivity index (χ4v) is 2.45. The second-order valence-electron chi connectivity index (χ2n) is 3.72. The minimum Gasteiger partial charge on any atom is -0.271 e. The maximum atomic E-state index is 11.6. The molecule has 1 saturated carbocycles. The van der Waals surface area contributed by atoms with E-state index in [1.165, 1.54) is 0 Å². The van der Waals surface area contributed by atoms with Gasteiger partial charge in [-0.3, -0.25) is 4.72 Å². The molecule has 0 saturated heterocycles. The third-order valence-electron chi connectivity index (χ3n) is 2.18. The minimum absolute atomic E-state index is 0.0910. The van der Waals surface area contributed by atoms with Crippen molar-refractivity contribution in [2.75, 3.05) is 4.72 Å². The van der Waals surface area contributed by atoms with Gasteiger partial charge in [0.2, 0.25) is 0 Å². The van der Waals surface area contributed by atoms with Crippen LogP contribution in [0.3, 0.4) is 0 Å². The Morgan fingerprint density at radius 3 is 2.75 bits per heavy atom. The summed E-state index contributed by atoms with van der Waals surface area (Å²) in [4.78, 5) is 0. The van der Waals surface area contributed by atoms with Crippen molar-refractivity contribution in [3.8, 4) is 12.3 Å². The molecule has 1 fully saturated rings. The highest BCUT2D eigenvalue weighted by Crippen LogP contribution is 2.20. The summed E-state index contributed by atoms with van der Waals surface area (Å²) in [5.74, 6) is 2.45. The molecule has 0 heterocycles. The van der Waals surface area contributed by atoms with Crippen LogP contribution in [0.5, 0.6) is 0 Å². The summed E-state index contributed by atoms with van der Waals surface area (Å²) in [5.41, 5.74) is 1.12. The van der Waals surface area contributed by atoms with Gasteiger partial charge in [-0.2, -0.15) is 13.1 Å². The van der Waals surface area contributed by atoms with Gasteiger partial charge < -0.3 is 0 Å². The molecule has 1 aromatic rings. The Hall–Kier alpha value is -1.51. The van der Waals surface area contributed by atoms with E-state index in [1.54, 1.807) is 24.3 Å². The largest absolute Gasteiger partial charge is 0.299 e. The standard InChI is InChI=1S/C11H12N2O2S/c1-2-9-4-3-5-11(8-9)13-16(14,15)12-10-6-7-10/h1,3-5,8,10,12-13H,6-7H2. The van der Waals surface area contributed by atoms with E-state index in [1.807, 2.05) is 0 Å². The molecule has 0 unspecified atom stereocenters. The zero-order chi connectivity index (χ0) is 11.6. The molecule has 1 aromatic carbocycles. The fourth-order valence-electron chi connectivity index (χ4n) is 1.28.